The third-order valence-corrected chi connectivity index (χ3v) is 3.95. The van der Waals surface area contributed by atoms with Gasteiger partial charge in [-0.3, -0.25) is 0 Å². The topological polar surface area (TPSA) is 69.2 Å². The summed E-state index contributed by atoms with van der Waals surface area (Å²) in [7, 11) is 0. The van der Waals surface area contributed by atoms with Crippen molar-refractivity contribution < 1.29 is 40.7 Å². The van der Waals surface area contributed by atoms with Crippen molar-refractivity contribution in [1.82, 2.24) is 9.97 Å². The smallest absolute Gasteiger partial charge is 0.386 e. The molecule has 11 heteroatoms. The molecule has 1 aromatic heterocycles. The normalized spacial score (nSPS) is 14.7. The lowest BCUT2D eigenvalue weighted by Crippen LogP contribution is -2.22. The van der Waals surface area contributed by atoms with Crippen molar-refractivity contribution in [2.75, 3.05) is 0 Å². The quantitative estimate of drug-likeness (QED) is 0.252. The van der Waals surface area contributed by atoms with Crippen molar-refractivity contribution in [3.8, 4) is 0 Å². The van der Waals surface area contributed by atoms with Crippen LogP contribution in [0.15, 0.2) is 24.3 Å². The van der Waals surface area contributed by atoms with Crippen molar-refractivity contribution in [1.29, 1.82) is 0 Å². The molecule has 5 nitrogen and oxygen atoms in total. The maximum Gasteiger partial charge on any atom is 0.435 e. The number of hydrogen-bond donors (Lipinski definition) is 0. The van der Waals surface area contributed by atoms with Gasteiger partial charge in [-0.2, -0.15) is 26.3 Å². The molecule has 4 rings (SSSR count). The molecule has 0 saturated carbocycles. The van der Waals surface area contributed by atoms with Gasteiger partial charge >= 0.3 is 24.3 Å². The Bertz CT molecular complexity index is 1170. The van der Waals surface area contributed by atoms with Crippen LogP contribution in [-0.4, -0.2) is 21.9 Å². The highest BCUT2D eigenvalue weighted by Gasteiger charge is 2.47. The summed E-state index contributed by atoms with van der Waals surface area (Å²) in [5.41, 5.74) is -5.91. The molecule has 0 spiro atoms. The average molecular weight is 386 g/mol. The molecule has 1 aliphatic heterocycles. The lowest BCUT2D eigenvalue weighted by molar-refractivity contribution is -0.167. The number of aromatic nitrogens is 2. The van der Waals surface area contributed by atoms with Crippen molar-refractivity contribution in [2.24, 2.45) is 0 Å². The number of benzene rings is 2. The fraction of sp³-hybridized carbons (Fsp3) is 0.125. The maximum absolute atomic E-state index is 13.1. The molecular formula is C16H4F6N2O3. The molecule has 1 aliphatic rings. The van der Waals surface area contributed by atoms with Crippen LogP contribution in [0, 0.1) is 0 Å². The number of alkyl halides is 6. The highest BCUT2D eigenvalue weighted by Crippen LogP contribution is 2.41. The Morgan fingerprint density at radius 2 is 1.41 bits per heavy atom. The molecule has 0 radical (unpaired) electrons. The van der Waals surface area contributed by atoms with Crippen LogP contribution in [0.3, 0.4) is 0 Å². The number of halogens is 6. The molecule has 0 amide bonds. The van der Waals surface area contributed by atoms with E-state index < -0.39 is 46.7 Å². The Morgan fingerprint density at radius 1 is 0.815 bits per heavy atom. The lowest BCUT2D eigenvalue weighted by Gasteiger charge is -2.18. The third kappa shape index (κ3) is 2.49. The van der Waals surface area contributed by atoms with Crippen LogP contribution in [0.25, 0.3) is 21.8 Å². The van der Waals surface area contributed by atoms with E-state index in [1.807, 2.05) is 0 Å². The van der Waals surface area contributed by atoms with Gasteiger partial charge in [0, 0.05) is 10.8 Å². The van der Waals surface area contributed by atoms with Gasteiger partial charge in [-0.05, 0) is 12.1 Å². The minimum atomic E-state index is -5.42. The third-order valence-electron chi connectivity index (χ3n) is 3.95. The highest BCUT2D eigenvalue weighted by atomic mass is 19.4. The van der Waals surface area contributed by atoms with E-state index in [0.29, 0.717) is 0 Å². The molecule has 27 heavy (non-hydrogen) atoms. The number of esters is 2. The highest BCUT2D eigenvalue weighted by molar-refractivity contribution is 6.25. The average Bonchev–Trinajstić information content (AvgIpc) is 2.56. The van der Waals surface area contributed by atoms with E-state index in [4.69, 9.17) is 0 Å². The van der Waals surface area contributed by atoms with Crippen molar-refractivity contribution in [3.05, 3.63) is 46.8 Å². The summed E-state index contributed by atoms with van der Waals surface area (Å²) in [5.74, 6) is -2.16. The SMILES string of the molecule is O=C1OC(=O)c2cc3nc(C(F)(F)F)c(C(F)(F)F)nc3c3cccc1c23. The number of nitrogens with zero attached hydrogens (tertiary/aromatic N) is 2. The summed E-state index contributed by atoms with van der Waals surface area (Å²) in [6.45, 7) is 0. The molecule has 2 aromatic carbocycles. The summed E-state index contributed by atoms with van der Waals surface area (Å²) >= 11 is 0. The zero-order chi connectivity index (χ0) is 19.7. The van der Waals surface area contributed by atoms with Crippen LogP contribution in [-0.2, 0) is 17.1 Å². The molecule has 0 N–H and O–H groups in total. The molecule has 0 fully saturated rings. The van der Waals surface area contributed by atoms with Crippen LogP contribution in [0.4, 0.5) is 26.3 Å². The molecule has 0 aliphatic carbocycles. The Morgan fingerprint density at radius 3 is 2.04 bits per heavy atom. The largest absolute Gasteiger partial charge is 0.435 e. The molecular weight excluding hydrogens is 382 g/mol. The van der Waals surface area contributed by atoms with E-state index in [1.165, 1.54) is 18.2 Å². The number of hydrogen-bond acceptors (Lipinski definition) is 5. The van der Waals surface area contributed by atoms with Gasteiger partial charge < -0.3 is 4.74 Å². The molecule has 2 heterocycles. The first-order valence-corrected chi connectivity index (χ1v) is 7.17. The number of carbonyl (C=O) groups is 2. The van der Waals surface area contributed by atoms with Crippen LogP contribution in [0.2, 0.25) is 0 Å². The fourth-order valence-electron chi connectivity index (χ4n) is 2.92. The minimum Gasteiger partial charge on any atom is -0.386 e. The standard InChI is InChI=1S/C16H4F6N2O3/c17-15(18,19)11-12(16(20,21)22)24-10-5-2-1-3-6-9(5)7(4-8(10)23-11)14(26)27-13(6)25/h1-4H. The van der Waals surface area contributed by atoms with Gasteiger partial charge in [0.2, 0.25) is 0 Å². The van der Waals surface area contributed by atoms with Crippen molar-refractivity contribution >= 4 is 33.7 Å². The molecule has 0 unspecified atom stereocenters. The van der Waals surface area contributed by atoms with Crippen LogP contribution < -0.4 is 0 Å². The molecule has 0 bridgehead atoms. The van der Waals surface area contributed by atoms with E-state index in [2.05, 4.69) is 14.7 Å². The van der Waals surface area contributed by atoms with Gasteiger partial charge in [-0.1, -0.05) is 12.1 Å². The Kier molecular flexibility index (Phi) is 3.28. The predicted octanol–water partition coefficient (Wildman–Crippen LogP) is 4.13. The summed E-state index contributed by atoms with van der Waals surface area (Å²) in [6, 6.07) is 4.62. The Balaban J connectivity index is 2.22. The number of ether oxygens (including phenoxy) is 1. The van der Waals surface area contributed by atoms with Gasteiger partial charge in [0.15, 0.2) is 11.4 Å². The molecule has 0 atom stereocenters. The van der Waals surface area contributed by atoms with Gasteiger partial charge in [-0.15, -0.1) is 0 Å². The van der Waals surface area contributed by atoms with Crippen molar-refractivity contribution in [3.63, 3.8) is 0 Å². The summed E-state index contributed by atoms with van der Waals surface area (Å²) in [5, 5.41) is -0.162. The zero-order valence-electron chi connectivity index (χ0n) is 12.7. The molecule has 138 valence electrons. The maximum atomic E-state index is 13.1. The second-order valence-corrected chi connectivity index (χ2v) is 5.61. The monoisotopic (exact) mass is 386 g/mol. The summed E-state index contributed by atoms with van der Waals surface area (Å²) in [4.78, 5) is 30.0. The fourth-order valence-corrected chi connectivity index (χ4v) is 2.92. The van der Waals surface area contributed by atoms with E-state index in [9.17, 15) is 35.9 Å². The van der Waals surface area contributed by atoms with E-state index in [0.717, 1.165) is 6.07 Å². The number of fused-ring (bicyclic) bond motifs is 2. The number of cyclic esters (lactones) is 2. The van der Waals surface area contributed by atoms with Crippen LogP contribution in [0.5, 0.6) is 0 Å². The van der Waals surface area contributed by atoms with E-state index in [1.54, 1.807) is 0 Å². The second-order valence-electron chi connectivity index (χ2n) is 5.61. The van der Waals surface area contributed by atoms with E-state index >= 15 is 0 Å². The van der Waals surface area contributed by atoms with Gasteiger partial charge in [0.25, 0.3) is 0 Å². The Hall–Kier alpha value is -3.24. The summed E-state index contributed by atoms with van der Waals surface area (Å²) in [6.07, 6.45) is -10.8. The first-order valence-electron chi connectivity index (χ1n) is 7.17. The van der Waals surface area contributed by atoms with Gasteiger partial charge in [0.05, 0.1) is 22.2 Å². The van der Waals surface area contributed by atoms with E-state index in [-0.39, 0.29) is 21.9 Å². The Labute approximate surface area is 144 Å². The second kappa shape index (κ2) is 5.15. The lowest BCUT2D eigenvalue weighted by atomic mass is 9.95. The first kappa shape index (κ1) is 17.2. The zero-order valence-corrected chi connectivity index (χ0v) is 12.7. The minimum absolute atomic E-state index is 0.0477. The molecule has 3 aromatic rings. The van der Waals surface area contributed by atoms with Gasteiger partial charge in [0.1, 0.15) is 0 Å². The summed E-state index contributed by atoms with van der Waals surface area (Å²) < 4.78 is 83.1. The predicted molar refractivity (Wildman–Crippen MR) is 76.8 cm³/mol. The number of rotatable bonds is 0. The first-order chi connectivity index (χ1) is 12.5. The van der Waals surface area contributed by atoms with Crippen molar-refractivity contribution in [2.45, 2.75) is 12.4 Å². The van der Waals surface area contributed by atoms with Gasteiger partial charge in [-0.25, -0.2) is 19.6 Å². The van der Waals surface area contributed by atoms with Crippen LogP contribution in [0.1, 0.15) is 32.1 Å². The molecule has 0 saturated heterocycles. The number of carbonyl (C=O) groups excluding carboxylic acids is 2. The van der Waals surface area contributed by atoms with Crippen LogP contribution >= 0.6 is 0 Å².